The summed E-state index contributed by atoms with van der Waals surface area (Å²) >= 11 is 0. The summed E-state index contributed by atoms with van der Waals surface area (Å²) in [6.07, 6.45) is 0. The van der Waals surface area contributed by atoms with Crippen LogP contribution in [0.15, 0.2) is 197 Å². The lowest BCUT2D eigenvalue weighted by Gasteiger charge is -2.32. The Morgan fingerprint density at radius 2 is 0.667 bits per heavy atom. The van der Waals surface area contributed by atoms with Crippen LogP contribution in [0.4, 0.5) is 17.1 Å². The van der Waals surface area contributed by atoms with E-state index in [4.69, 9.17) is 8.83 Å². The Morgan fingerprint density at radius 1 is 0.307 bits per heavy atom. The predicted octanol–water partition coefficient (Wildman–Crippen LogP) is 19.8. The highest BCUT2D eigenvalue weighted by Gasteiger charge is 2.51. The Morgan fingerprint density at radius 3 is 1.15 bits per heavy atom. The Hall–Kier alpha value is -8.40. The molecule has 2 heterocycles. The van der Waals surface area contributed by atoms with Gasteiger partial charge in [0.05, 0.1) is 0 Å². The van der Waals surface area contributed by atoms with Crippen molar-refractivity contribution in [3.8, 4) is 55.6 Å². The molecule has 75 heavy (non-hydrogen) atoms. The van der Waals surface area contributed by atoms with Crippen LogP contribution in [0.2, 0.25) is 0 Å². The van der Waals surface area contributed by atoms with Gasteiger partial charge in [0.25, 0.3) is 0 Å². The third-order valence-electron chi connectivity index (χ3n) is 18.5. The van der Waals surface area contributed by atoms with E-state index < -0.39 is 0 Å². The van der Waals surface area contributed by atoms with Gasteiger partial charge in [-0.3, -0.25) is 0 Å². The Balaban J connectivity index is 0.927. The first-order valence-corrected chi connectivity index (χ1v) is 26.8. The molecule has 3 heteroatoms. The van der Waals surface area contributed by atoms with Gasteiger partial charge in [0.2, 0.25) is 0 Å². The SMILES string of the molecule is CC1(C)c2cc(N(c3ccc(-c4ccccc4)cc3)c3ccc4c(c3)C(C)(C)c3c5c(c6c(oc7ccccc76)c3-4)-c3ccccc3C5(C)C)ccc2-c2c1c1c(c3c2oc2ccccc23)-c2ccccc2C1(C)C. The molecule has 0 aliphatic heterocycles. The van der Waals surface area contributed by atoms with Gasteiger partial charge in [0.15, 0.2) is 0 Å². The zero-order chi connectivity index (χ0) is 50.7. The lowest BCUT2D eigenvalue weighted by atomic mass is 9.72. The monoisotopic (exact) mass is 965 g/mol. The minimum atomic E-state index is -0.357. The summed E-state index contributed by atoms with van der Waals surface area (Å²) in [6.45, 7) is 19.5. The average molecular weight is 966 g/mol. The zero-order valence-corrected chi connectivity index (χ0v) is 43.7. The average Bonchev–Trinajstić information content (AvgIpc) is 4.24. The summed E-state index contributed by atoms with van der Waals surface area (Å²) in [7, 11) is 0. The number of hydrogen-bond acceptors (Lipinski definition) is 3. The fourth-order valence-electron chi connectivity index (χ4n) is 15.2. The molecule has 3 nitrogen and oxygen atoms in total. The molecule has 4 aliphatic rings. The quantitative estimate of drug-likeness (QED) is 0.176. The molecule has 360 valence electrons. The number of para-hydroxylation sites is 2. The molecule has 0 spiro atoms. The van der Waals surface area contributed by atoms with Crippen molar-refractivity contribution >= 4 is 60.9 Å². The van der Waals surface area contributed by atoms with E-state index in [0.717, 1.165) is 39.4 Å². The van der Waals surface area contributed by atoms with Gasteiger partial charge in [-0.25, -0.2) is 0 Å². The fourth-order valence-corrected chi connectivity index (χ4v) is 15.2. The normalized spacial score (nSPS) is 16.2. The first-order chi connectivity index (χ1) is 36.3. The second kappa shape index (κ2) is 14.3. The highest BCUT2D eigenvalue weighted by atomic mass is 16.3. The third-order valence-corrected chi connectivity index (χ3v) is 18.5. The maximum Gasteiger partial charge on any atom is 0.144 e. The van der Waals surface area contributed by atoms with Gasteiger partial charge < -0.3 is 13.7 Å². The summed E-state index contributed by atoms with van der Waals surface area (Å²) in [5.74, 6) is 0. The number of hydrogen-bond donors (Lipinski definition) is 0. The van der Waals surface area contributed by atoms with Gasteiger partial charge in [0.1, 0.15) is 22.3 Å². The molecule has 0 atom stereocenters. The molecule has 0 saturated carbocycles. The smallest absolute Gasteiger partial charge is 0.144 e. The highest BCUT2D eigenvalue weighted by molar-refractivity contribution is 6.22. The number of benzene rings is 10. The van der Waals surface area contributed by atoms with E-state index in [2.05, 4.69) is 248 Å². The summed E-state index contributed by atoms with van der Waals surface area (Å²) in [5, 5.41) is 4.80. The fraction of sp³-hybridized carbons (Fsp3) is 0.167. The van der Waals surface area contributed by atoms with Crippen LogP contribution in [0.3, 0.4) is 0 Å². The van der Waals surface area contributed by atoms with Gasteiger partial charge in [-0.2, -0.15) is 0 Å². The number of nitrogens with zero attached hydrogens (tertiary/aromatic N) is 1. The van der Waals surface area contributed by atoms with Crippen LogP contribution >= 0.6 is 0 Å². The molecule has 0 fully saturated rings. The van der Waals surface area contributed by atoms with E-state index in [1.54, 1.807) is 0 Å². The summed E-state index contributed by atoms with van der Waals surface area (Å²) in [6, 6.07) is 69.7. The molecule has 10 aromatic carbocycles. The molecule has 0 bridgehead atoms. The van der Waals surface area contributed by atoms with Crippen LogP contribution in [0.25, 0.3) is 99.5 Å². The van der Waals surface area contributed by atoms with Crippen molar-refractivity contribution in [2.24, 2.45) is 0 Å². The van der Waals surface area contributed by atoms with Crippen molar-refractivity contribution in [1.82, 2.24) is 0 Å². The standard InChI is InChI=1S/C72H55NO2/c1-69(2)51-26-16-12-22-45(51)57-59-49-24-14-18-28-55(49)74-67(59)61-47-36-34-43(38-53(47)71(5,6)65(61)63(57)69)73(42-32-30-41(31-33-42)40-20-10-9-11-21-40)44-35-37-48-54(39-44)72(7,8)66-62(48)68-60(50-25-15-19-29-56(50)75-68)58-46-23-13-17-27-52(46)70(3,4)64(58)66/h9-39H,1-8H3. The van der Waals surface area contributed by atoms with Gasteiger partial charge >= 0.3 is 0 Å². The molecule has 0 N–H and O–H groups in total. The molecule has 12 aromatic rings. The lowest BCUT2D eigenvalue weighted by molar-refractivity contribution is 0.600. The van der Waals surface area contributed by atoms with Crippen molar-refractivity contribution in [3.63, 3.8) is 0 Å². The van der Waals surface area contributed by atoms with Gasteiger partial charge in [-0.05, 0) is 138 Å². The minimum Gasteiger partial charge on any atom is -0.455 e. The van der Waals surface area contributed by atoms with E-state index in [-0.39, 0.29) is 21.7 Å². The van der Waals surface area contributed by atoms with Crippen molar-refractivity contribution in [1.29, 1.82) is 0 Å². The van der Waals surface area contributed by atoms with E-state index in [0.29, 0.717) is 0 Å². The number of rotatable bonds is 4. The molecular weight excluding hydrogens is 911 g/mol. The van der Waals surface area contributed by atoms with Crippen molar-refractivity contribution in [2.45, 2.75) is 77.0 Å². The number of fused-ring (bicyclic) bond motifs is 24. The minimum absolute atomic E-state index is 0.224. The molecule has 4 aliphatic carbocycles. The Labute approximate surface area is 437 Å². The van der Waals surface area contributed by atoms with Crippen LogP contribution < -0.4 is 4.90 Å². The maximum atomic E-state index is 7.09. The predicted molar refractivity (Wildman–Crippen MR) is 311 cm³/mol. The largest absolute Gasteiger partial charge is 0.455 e. The molecule has 0 saturated heterocycles. The zero-order valence-electron chi connectivity index (χ0n) is 43.7. The summed E-state index contributed by atoms with van der Waals surface area (Å²) in [5.41, 5.74) is 29.6. The molecular formula is C72H55NO2. The van der Waals surface area contributed by atoms with Crippen molar-refractivity contribution in [2.75, 3.05) is 4.90 Å². The van der Waals surface area contributed by atoms with Crippen LogP contribution in [-0.2, 0) is 21.7 Å². The van der Waals surface area contributed by atoms with Gasteiger partial charge in [-0.15, -0.1) is 0 Å². The van der Waals surface area contributed by atoms with E-state index in [9.17, 15) is 0 Å². The third kappa shape index (κ3) is 5.31. The highest BCUT2D eigenvalue weighted by Crippen LogP contribution is 2.66. The van der Waals surface area contributed by atoms with Crippen molar-refractivity contribution in [3.05, 3.63) is 233 Å². The molecule has 0 unspecified atom stereocenters. The molecule has 0 amide bonds. The molecule has 16 rings (SSSR count). The van der Waals surface area contributed by atoms with Crippen LogP contribution in [0, 0.1) is 0 Å². The van der Waals surface area contributed by atoms with Crippen LogP contribution in [0.5, 0.6) is 0 Å². The first kappa shape index (κ1) is 43.0. The van der Waals surface area contributed by atoms with E-state index in [1.165, 1.54) is 122 Å². The van der Waals surface area contributed by atoms with E-state index in [1.807, 2.05) is 0 Å². The van der Waals surface area contributed by atoms with E-state index >= 15 is 0 Å². The van der Waals surface area contributed by atoms with Crippen LogP contribution in [-0.4, -0.2) is 0 Å². The van der Waals surface area contributed by atoms with Crippen molar-refractivity contribution < 1.29 is 8.83 Å². The second-order valence-corrected chi connectivity index (χ2v) is 23.9. The first-order valence-electron chi connectivity index (χ1n) is 26.8. The summed E-state index contributed by atoms with van der Waals surface area (Å²) < 4.78 is 14.2. The lowest BCUT2D eigenvalue weighted by Crippen LogP contribution is -2.24. The molecule has 0 radical (unpaired) electrons. The summed E-state index contributed by atoms with van der Waals surface area (Å²) in [4.78, 5) is 2.50. The maximum absolute atomic E-state index is 7.09. The van der Waals surface area contributed by atoms with Crippen LogP contribution in [0.1, 0.15) is 99.9 Å². The number of furan rings is 2. The number of anilines is 3. The Kier molecular flexibility index (Phi) is 8.18. The topological polar surface area (TPSA) is 29.5 Å². The molecule has 2 aromatic heterocycles. The Bertz CT molecular complexity index is 4270. The van der Waals surface area contributed by atoms with Gasteiger partial charge in [0, 0.05) is 71.4 Å². The second-order valence-electron chi connectivity index (χ2n) is 23.9. The van der Waals surface area contributed by atoms with Gasteiger partial charge in [-0.1, -0.05) is 195 Å².